The van der Waals surface area contributed by atoms with E-state index in [1.807, 2.05) is 31.5 Å². The van der Waals surface area contributed by atoms with Crippen molar-refractivity contribution in [1.82, 2.24) is 14.8 Å². The number of aromatic nitrogens is 3. The van der Waals surface area contributed by atoms with Crippen LogP contribution in [-0.4, -0.2) is 27.3 Å². The largest absolute Gasteiger partial charge is 0.465 e. The Morgan fingerprint density at radius 1 is 1.48 bits per heavy atom. The quantitative estimate of drug-likeness (QED) is 0.769. The standard InChI is InChI=1S/C15H21N3O2S/c1-5-20-15(19)11(9-10(2)3)14-16-13(17-18(14)4)12-7-6-8-21-12/h6-8,10-11H,5,9H2,1-4H3. The van der Waals surface area contributed by atoms with Gasteiger partial charge in [0.2, 0.25) is 0 Å². The minimum absolute atomic E-state index is 0.223. The monoisotopic (exact) mass is 307 g/mol. The number of hydrogen-bond acceptors (Lipinski definition) is 5. The van der Waals surface area contributed by atoms with Crippen molar-refractivity contribution in [3.8, 4) is 10.7 Å². The molecule has 0 N–H and O–H groups in total. The van der Waals surface area contributed by atoms with Gasteiger partial charge in [-0.2, -0.15) is 5.10 Å². The summed E-state index contributed by atoms with van der Waals surface area (Å²) in [5.41, 5.74) is 0. The van der Waals surface area contributed by atoms with Crippen molar-refractivity contribution < 1.29 is 9.53 Å². The Labute approximate surface area is 129 Å². The SMILES string of the molecule is CCOC(=O)C(CC(C)C)c1nc(-c2cccs2)nn1C. The fourth-order valence-corrected chi connectivity index (χ4v) is 2.88. The summed E-state index contributed by atoms with van der Waals surface area (Å²) in [5, 5.41) is 6.42. The van der Waals surface area contributed by atoms with Gasteiger partial charge in [-0.3, -0.25) is 9.48 Å². The molecule has 5 nitrogen and oxygen atoms in total. The lowest BCUT2D eigenvalue weighted by atomic mass is 9.96. The summed E-state index contributed by atoms with van der Waals surface area (Å²) >= 11 is 1.59. The van der Waals surface area contributed by atoms with Crippen molar-refractivity contribution >= 4 is 17.3 Å². The van der Waals surface area contributed by atoms with Crippen LogP contribution in [0.3, 0.4) is 0 Å². The highest BCUT2D eigenvalue weighted by Gasteiger charge is 2.28. The molecule has 1 unspecified atom stereocenters. The van der Waals surface area contributed by atoms with E-state index in [0.717, 1.165) is 4.88 Å². The second-order valence-corrected chi connectivity index (χ2v) is 6.28. The van der Waals surface area contributed by atoms with Crippen molar-refractivity contribution in [3.63, 3.8) is 0 Å². The number of carbonyl (C=O) groups is 1. The van der Waals surface area contributed by atoms with Crippen LogP contribution in [0.2, 0.25) is 0 Å². The number of carbonyl (C=O) groups excluding carboxylic acids is 1. The van der Waals surface area contributed by atoms with Crippen molar-refractivity contribution in [2.75, 3.05) is 6.61 Å². The molecular formula is C15H21N3O2S. The normalized spacial score (nSPS) is 12.6. The van der Waals surface area contributed by atoms with Gasteiger partial charge in [-0.1, -0.05) is 19.9 Å². The zero-order chi connectivity index (χ0) is 15.4. The van der Waals surface area contributed by atoms with E-state index in [2.05, 4.69) is 23.9 Å². The van der Waals surface area contributed by atoms with Crippen molar-refractivity contribution in [2.24, 2.45) is 13.0 Å². The summed E-state index contributed by atoms with van der Waals surface area (Å²) in [4.78, 5) is 17.8. The van der Waals surface area contributed by atoms with Gasteiger partial charge in [0.25, 0.3) is 0 Å². The zero-order valence-electron chi connectivity index (χ0n) is 12.9. The van der Waals surface area contributed by atoms with Crippen molar-refractivity contribution in [3.05, 3.63) is 23.3 Å². The summed E-state index contributed by atoms with van der Waals surface area (Å²) < 4.78 is 6.89. The van der Waals surface area contributed by atoms with E-state index >= 15 is 0 Å². The third-order valence-corrected chi connectivity index (χ3v) is 3.99. The Morgan fingerprint density at radius 2 is 2.24 bits per heavy atom. The summed E-state index contributed by atoms with van der Waals surface area (Å²) in [6, 6.07) is 3.94. The van der Waals surface area contributed by atoms with Gasteiger partial charge in [-0.25, -0.2) is 4.98 Å². The highest BCUT2D eigenvalue weighted by molar-refractivity contribution is 7.13. The van der Waals surface area contributed by atoms with Gasteiger partial charge in [-0.15, -0.1) is 11.3 Å². The number of rotatable bonds is 6. The summed E-state index contributed by atoms with van der Waals surface area (Å²) in [5.74, 6) is 1.13. The Kier molecular flexibility index (Phi) is 5.12. The third kappa shape index (κ3) is 3.69. The Bertz CT molecular complexity index is 590. The van der Waals surface area contributed by atoms with Gasteiger partial charge in [0, 0.05) is 7.05 Å². The molecule has 0 aliphatic rings. The number of aryl methyl sites for hydroxylation is 1. The number of thiophene rings is 1. The van der Waals surface area contributed by atoms with Crippen LogP contribution in [0, 0.1) is 5.92 Å². The van der Waals surface area contributed by atoms with Crippen LogP contribution in [0.1, 0.15) is 38.9 Å². The lowest BCUT2D eigenvalue weighted by Crippen LogP contribution is -2.21. The molecule has 0 radical (unpaired) electrons. The predicted molar refractivity (Wildman–Crippen MR) is 83.1 cm³/mol. The highest BCUT2D eigenvalue weighted by atomic mass is 32.1. The molecule has 114 valence electrons. The Balaban J connectivity index is 2.33. The number of ether oxygens (including phenoxy) is 1. The average Bonchev–Trinajstić information content (AvgIpc) is 3.05. The minimum atomic E-state index is -0.365. The Morgan fingerprint density at radius 3 is 2.81 bits per heavy atom. The summed E-state index contributed by atoms with van der Waals surface area (Å²) in [7, 11) is 1.83. The summed E-state index contributed by atoms with van der Waals surface area (Å²) in [6.07, 6.45) is 0.704. The second kappa shape index (κ2) is 6.85. The van der Waals surface area contributed by atoms with Crippen LogP contribution >= 0.6 is 11.3 Å². The van der Waals surface area contributed by atoms with E-state index in [0.29, 0.717) is 30.6 Å². The van der Waals surface area contributed by atoms with Gasteiger partial charge in [-0.05, 0) is 30.7 Å². The molecule has 6 heteroatoms. The topological polar surface area (TPSA) is 57.0 Å². The van der Waals surface area contributed by atoms with Crippen LogP contribution in [0.25, 0.3) is 10.7 Å². The van der Waals surface area contributed by atoms with E-state index in [1.54, 1.807) is 16.0 Å². The first-order valence-corrected chi connectivity index (χ1v) is 8.02. The third-order valence-electron chi connectivity index (χ3n) is 3.13. The fraction of sp³-hybridized carbons (Fsp3) is 0.533. The first-order valence-electron chi connectivity index (χ1n) is 7.14. The lowest BCUT2D eigenvalue weighted by Gasteiger charge is -2.16. The molecule has 0 bridgehead atoms. The second-order valence-electron chi connectivity index (χ2n) is 5.33. The highest BCUT2D eigenvalue weighted by Crippen LogP contribution is 2.27. The average molecular weight is 307 g/mol. The fourth-order valence-electron chi connectivity index (χ4n) is 2.23. The molecule has 0 aromatic carbocycles. The van der Waals surface area contributed by atoms with Crippen LogP contribution < -0.4 is 0 Å². The van der Waals surface area contributed by atoms with Crippen molar-refractivity contribution in [2.45, 2.75) is 33.1 Å². The molecule has 21 heavy (non-hydrogen) atoms. The Hall–Kier alpha value is -1.69. The molecule has 2 aromatic heterocycles. The van der Waals surface area contributed by atoms with Gasteiger partial charge >= 0.3 is 5.97 Å². The predicted octanol–water partition coefficient (Wildman–Crippen LogP) is 3.24. The summed E-state index contributed by atoms with van der Waals surface area (Å²) in [6.45, 7) is 6.37. The first-order chi connectivity index (χ1) is 10.0. The maximum absolute atomic E-state index is 12.2. The maximum atomic E-state index is 12.2. The van der Waals surface area contributed by atoms with E-state index in [-0.39, 0.29) is 11.9 Å². The molecule has 0 aliphatic carbocycles. The zero-order valence-corrected chi connectivity index (χ0v) is 13.7. The molecule has 0 fully saturated rings. The first kappa shape index (κ1) is 15.7. The molecular weight excluding hydrogens is 286 g/mol. The van der Waals surface area contributed by atoms with Gasteiger partial charge in [0.15, 0.2) is 5.82 Å². The molecule has 1 atom stereocenters. The number of hydrogen-bond donors (Lipinski definition) is 0. The molecule has 0 spiro atoms. The molecule has 0 saturated carbocycles. The van der Waals surface area contributed by atoms with Gasteiger partial charge in [0.05, 0.1) is 11.5 Å². The lowest BCUT2D eigenvalue weighted by molar-refractivity contribution is -0.145. The number of esters is 1. The maximum Gasteiger partial charge on any atom is 0.316 e. The molecule has 2 aromatic rings. The van der Waals surface area contributed by atoms with Crippen molar-refractivity contribution in [1.29, 1.82) is 0 Å². The molecule has 0 saturated heterocycles. The van der Waals surface area contributed by atoms with E-state index < -0.39 is 0 Å². The van der Waals surface area contributed by atoms with Crippen LogP contribution in [0.5, 0.6) is 0 Å². The van der Waals surface area contributed by atoms with Crippen LogP contribution in [0.4, 0.5) is 0 Å². The number of nitrogens with zero attached hydrogens (tertiary/aromatic N) is 3. The smallest absolute Gasteiger partial charge is 0.316 e. The molecule has 2 rings (SSSR count). The van der Waals surface area contributed by atoms with Gasteiger partial charge in [0.1, 0.15) is 11.7 Å². The van der Waals surface area contributed by atoms with E-state index in [4.69, 9.17) is 4.74 Å². The minimum Gasteiger partial charge on any atom is -0.465 e. The van der Waals surface area contributed by atoms with Crippen LogP contribution in [0.15, 0.2) is 17.5 Å². The van der Waals surface area contributed by atoms with E-state index in [9.17, 15) is 4.79 Å². The van der Waals surface area contributed by atoms with E-state index in [1.165, 1.54) is 0 Å². The molecule has 0 aliphatic heterocycles. The van der Waals surface area contributed by atoms with Gasteiger partial charge < -0.3 is 4.74 Å². The van der Waals surface area contributed by atoms with Crippen LogP contribution in [-0.2, 0) is 16.6 Å². The molecule has 0 amide bonds. The molecule has 2 heterocycles.